The molecule has 0 saturated carbocycles. The number of anilines is 1. The lowest BCUT2D eigenvalue weighted by Gasteiger charge is -2.16. The van der Waals surface area contributed by atoms with Crippen molar-refractivity contribution < 1.29 is 8.42 Å². The molecule has 1 N–H and O–H groups in total. The summed E-state index contributed by atoms with van der Waals surface area (Å²) in [5, 5.41) is 3.94. The van der Waals surface area contributed by atoms with Crippen molar-refractivity contribution in [3.63, 3.8) is 0 Å². The third-order valence-corrected chi connectivity index (χ3v) is 7.91. The van der Waals surface area contributed by atoms with E-state index in [0.717, 1.165) is 41.5 Å². The summed E-state index contributed by atoms with van der Waals surface area (Å²) in [6.45, 7) is 4.10. The average molecular weight is 380 g/mol. The van der Waals surface area contributed by atoms with Gasteiger partial charge in [-0.3, -0.25) is 9.36 Å². The van der Waals surface area contributed by atoms with Gasteiger partial charge in [0.05, 0.1) is 16.9 Å². The van der Waals surface area contributed by atoms with Crippen LogP contribution in [0.4, 0.5) is 5.95 Å². The van der Waals surface area contributed by atoms with E-state index in [4.69, 9.17) is 4.98 Å². The van der Waals surface area contributed by atoms with Crippen LogP contribution in [0.25, 0.3) is 10.2 Å². The number of nitrogens with one attached hydrogen (secondary N) is 1. The monoisotopic (exact) mass is 379 g/mol. The Morgan fingerprint density at radius 3 is 2.88 bits per heavy atom. The number of nitrogens with zero attached hydrogens (tertiary/aromatic N) is 2. The van der Waals surface area contributed by atoms with Crippen LogP contribution in [0.5, 0.6) is 0 Å². The lowest BCUT2D eigenvalue weighted by molar-refractivity contribution is 0.601. The van der Waals surface area contributed by atoms with Crippen molar-refractivity contribution in [1.29, 1.82) is 0 Å². The Morgan fingerprint density at radius 2 is 2.16 bits per heavy atom. The van der Waals surface area contributed by atoms with Crippen molar-refractivity contribution >= 4 is 37.3 Å². The van der Waals surface area contributed by atoms with Crippen molar-refractivity contribution in [2.75, 3.05) is 16.8 Å². The lowest BCUT2D eigenvalue weighted by Crippen LogP contribution is -2.29. The minimum absolute atomic E-state index is 0.0485. The van der Waals surface area contributed by atoms with Gasteiger partial charge in [0.15, 0.2) is 9.84 Å². The van der Waals surface area contributed by atoms with E-state index in [2.05, 4.69) is 11.9 Å². The van der Waals surface area contributed by atoms with Crippen LogP contribution in [0.15, 0.2) is 17.4 Å². The Labute approximate surface area is 150 Å². The molecule has 4 rings (SSSR count). The van der Waals surface area contributed by atoms with Gasteiger partial charge in [-0.1, -0.05) is 6.08 Å². The van der Waals surface area contributed by atoms with Crippen molar-refractivity contribution in [2.45, 2.75) is 44.7 Å². The van der Waals surface area contributed by atoms with Crippen LogP contribution in [0.1, 0.15) is 29.7 Å². The summed E-state index contributed by atoms with van der Waals surface area (Å²) in [7, 11) is -2.99. The summed E-state index contributed by atoms with van der Waals surface area (Å²) in [6, 6.07) is -0.194. The SMILES string of the molecule is C=CCn1c(NC2CCS(=O)(=O)C2)nc2sc3c(c2c1=O)CCCC3. The number of hydrogen-bond donors (Lipinski definition) is 1. The average Bonchev–Trinajstić information content (AvgIpc) is 3.10. The first-order chi connectivity index (χ1) is 12.0. The van der Waals surface area contributed by atoms with Crippen molar-refractivity contribution in [1.82, 2.24) is 9.55 Å². The number of thiophene rings is 1. The number of aromatic nitrogens is 2. The van der Waals surface area contributed by atoms with Crippen molar-refractivity contribution in [2.24, 2.45) is 0 Å². The summed E-state index contributed by atoms with van der Waals surface area (Å²) in [6.07, 6.45) is 6.44. The van der Waals surface area contributed by atoms with Crippen LogP contribution in [0.3, 0.4) is 0 Å². The van der Waals surface area contributed by atoms with Crippen molar-refractivity contribution in [3.05, 3.63) is 33.4 Å². The molecule has 1 aliphatic carbocycles. The second kappa shape index (κ2) is 6.25. The highest BCUT2D eigenvalue weighted by molar-refractivity contribution is 7.91. The second-order valence-electron chi connectivity index (χ2n) is 6.78. The number of rotatable bonds is 4. The first kappa shape index (κ1) is 16.8. The van der Waals surface area contributed by atoms with E-state index in [9.17, 15) is 13.2 Å². The molecule has 0 aromatic carbocycles. The quantitative estimate of drug-likeness (QED) is 0.823. The van der Waals surface area contributed by atoms with Gasteiger partial charge in [-0.15, -0.1) is 17.9 Å². The molecule has 1 fully saturated rings. The topological polar surface area (TPSA) is 81.1 Å². The van der Waals surface area contributed by atoms with Crippen LogP contribution >= 0.6 is 11.3 Å². The highest BCUT2D eigenvalue weighted by Crippen LogP contribution is 2.34. The van der Waals surface area contributed by atoms with E-state index < -0.39 is 9.84 Å². The number of allylic oxidation sites excluding steroid dienone is 1. The van der Waals surface area contributed by atoms with Crippen LogP contribution in [0.2, 0.25) is 0 Å². The van der Waals surface area contributed by atoms with E-state index >= 15 is 0 Å². The van der Waals surface area contributed by atoms with Crippen LogP contribution in [-0.4, -0.2) is 35.5 Å². The number of fused-ring (bicyclic) bond motifs is 3. The molecule has 0 spiro atoms. The summed E-state index contributed by atoms with van der Waals surface area (Å²) >= 11 is 1.60. The van der Waals surface area contributed by atoms with Gasteiger partial charge in [0.25, 0.3) is 5.56 Å². The predicted molar refractivity (Wildman–Crippen MR) is 101 cm³/mol. The molecular formula is C17H21N3O3S2. The summed E-state index contributed by atoms with van der Waals surface area (Å²) in [5.74, 6) is 0.736. The number of sulfone groups is 1. The molecule has 1 aliphatic heterocycles. The minimum Gasteiger partial charge on any atom is -0.352 e. The molecule has 6 nitrogen and oxygen atoms in total. The van der Waals surface area contributed by atoms with Gasteiger partial charge in [0.2, 0.25) is 5.95 Å². The zero-order valence-electron chi connectivity index (χ0n) is 14.0. The zero-order valence-corrected chi connectivity index (χ0v) is 15.6. The molecule has 2 aromatic heterocycles. The first-order valence-electron chi connectivity index (χ1n) is 8.61. The standard InChI is InChI=1S/C17H21N3O3S2/c1-2-8-20-16(21)14-12-5-3-4-6-13(12)24-15(14)19-17(20)18-11-7-9-25(22,23)10-11/h2,11H,1,3-10H2,(H,18,19). The Balaban J connectivity index is 1.81. The fourth-order valence-electron chi connectivity index (χ4n) is 3.74. The van der Waals surface area contributed by atoms with Crippen LogP contribution in [-0.2, 0) is 29.2 Å². The maximum absolute atomic E-state index is 13.1. The molecule has 1 unspecified atom stereocenters. The predicted octanol–water partition coefficient (Wildman–Crippen LogP) is 2.12. The third-order valence-electron chi connectivity index (χ3n) is 4.95. The Kier molecular flexibility index (Phi) is 4.19. The van der Waals surface area contributed by atoms with E-state index in [-0.39, 0.29) is 23.1 Å². The fraction of sp³-hybridized carbons (Fsp3) is 0.529. The lowest BCUT2D eigenvalue weighted by atomic mass is 9.97. The first-order valence-corrected chi connectivity index (χ1v) is 11.3. The molecule has 0 amide bonds. The molecule has 2 aliphatic rings. The van der Waals surface area contributed by atoms with Gasteiger partial charge in [0.1, 0.15) is 4.83 Å². The molecule has 2 aromatic rings. The van der Waals surface area contributed by atoms with Crippen molar-refractivity contribution in [3.8, 4) is 0 Å². The van der Waals surface area contributed by atoms with Gasteiger partial charge in [-0.05, 0) is 37.7 Å². The summed E-state index contributed by atoms with van der Waals surface area (Å²) in [4.78, 5) is 19.8. The molecule has 0 bridgehead atoms. The molecule has 3 heterocycles. The van der Waals surface area contributed by atoms with Crippen LogP contribution < -0.4 is 10.9 Å². The minimum atomic E-state index is -2.99. The Morgan fingerprint density at radius 1 is 1.36 bits per heavy atom. The van der Waals surface area contributed by atoms with Crippen LogP contribution in [0, 0.1) is 0 Å². The molecule has 8 heteroatoms. The third kappa shape index (κ3) is 3.01. The Bertz CT molecular complexity index is 1000. The normalized spacial score (nSPS) is 22.0. The van der Waals surface area contributed by atoms with E-state index in [1.807, 2.05) is 0 Å². The van der Waals surface area contributed by atoms with Gasteiger partial charge in [0, 0.05) is 17.5 Å². The second-order valence-corrected chi connectivity index (χ2v) is 10.1. The molecule has 0 radical (unpaired) electrons. The van der Waals surface area contributed by atoms with Gasteiger partial charge in [-0.25, -0.2) is 13.4 Å². The Hall–Kier alpha value is -1.67. The number of hydrogen-bond acceptors (Lipinski definition) is 6. The van der Waals surface area contributed by atoms with E-state index in [0.29, 0.717) is 18.9 Å². The van der Waals surface area contributed by atoms with E-state index in [1.54, 1.807) is 22.0 Å². The van der Waals surface area contributed by atoms with E-state index in [1.165, 1.54) is 4.88 Å². The highest BCUT2D eigenvalue weighted by Gasteiger charge is 2.29. The zero-order chi connectivity index (χ0) is 17.6. The molecular weight excluding hydrogens is 358 g/mol. The van der Waals surface area contributed by atoms with Gasteiger partial charge >= 0.3 is 0 Å². The highest BCUT2D eigenvalue weighted by atomic mass is 32.2. The molecule has 1 saturated heterocycles. The maximum atomic E-state index is 13.1. The summed E-state index contributed by atoms with van der Waals surface area (Å²) < 4.78 is 25.0. The molecule has 1 atom stereocenters. The van der Waals surface area contributed by atoms with Gasteiger partial charge in [-0.2, -0.15) is 0 Å². The molecule has 134 valence electrons. The maximum Gasteiger partial charge on any atom is 0.264 e. The summed E-state index contributed by atoms with van der Waals surface area (Å²) in [5.41, 5.74) is 1.12. The number of aryl methyl sites for hydroxylation is 2. The smallest absolute Gasteiger partial charge is 0.264 e. The molecule has 25 heavy (non-hydrogen) atoms. The largest absolute Gasteiger partial charge is 0.352 e. The van der Waals surface area contributed by atoms with Gasteiger partial charge < -0.3 is 5.32 Å². The fourth-order valence-corrected chi connectivity index (χ4v) is 6.66.